The summed E-state index contributed by atoms with van der Waals surface area (Å²) in [4.78, 5) is 25.3. The van der Waals surface area contributed by atoms with Gasteiger partial charge in [0, 0.05) is 12.3 Å². The van der Waals surface area contributed by atoms with Gasteiger partial charge in [-0.25, -0.2) is 0 Å². The van der Waals surface area contributed by atoms with Gasteiger partial charge < -0.3 is 10.1 Å². The van der Waals surface area contributed by atoms with Gasteiger partial charge in [-0.2, -0.15) is 0 Å². The van der Waals surface area contributed by atoms with Gasteiger partial charge >= 0.3 is 0 Å². The molecule has 2 aromatic carbocycles. The van der Waals surface area contributed by atoms with E-state index in [1.807, 2.05) is 18.2 Å². The monoisotopic (exact) mass is 471 g/mol. The lowest BCUT2D eigenvalue weighted by atomic mass is 10.0. The second kappa shape index (κ2) is 10.5. The zero-order valence-corrected chi connectivity index (χ0v) is 19.4. The lowest BCUT2D eigenvalue weighted by Gasteiger charge is -2.12. The molecule has 0 saturated heterocycles. The zero-order chi connectivity index (χ0) is 22.5. The number of hydrogen-bond donors (Lipinski definition) is 1. The Balaban J connectivity index is 1.46. The molecule has 0 unspecified atom stereocenters. The number of para-hydroxylation sites is 1. The fraction of sp³-hybridized carbons (Fsp3) is 0.385. The number of benzene rings is 2. The van der Waals surface area contributed by atoms with E-state index in [9.17, 15) is 9.59 Å². The average molecular weight is 472 g/mol. The normalized spacial score (nSPS) is 16.8. The van der Waals surface area contributed by atoms with Crippen molar-refractivity contribution in [1.29, 1.82) is 0 Å². The minimum absolute atomic E-state index is 0.00765. The van der Waals surface area contributed by atoms with Gasteiger partial charge in [-0.3, -0.25) is 9.59 Å². The van der Waals surface area contributed by atoms with Gasteiger partial charge in [0.25, 0.3) is 0 Å². The van der Waals surface area contributed by atoms with Gasteiger partial charge in [-0.05, 0) is 61.1 Å². The summed E-state index contributed by atoms with van der Waals surface area (Å²) in [5.74, 6) is 1.52. The molecule has 168 valence electrons. The molecule has 0 atom stereocenters. The molecule has 0 bridgehead atoms. The number of halogens is 2. The Morgan fingerprint density at radius 1 is 0.969 bits per heavy atom. The number of rotatable bonds is 9. The van der Waals surface area contributed by atoms with Crippen molar-refractivity contribution in [3.63, 3.8) is 0 Å². The van der Waals surface area contributed by atoms with Crippen LogP contribution in [0.2, 0.25) is 10.0 Å². The van der Waals surface area contributed by atoms with Crippen LogP contribution in [0.1, 0.15) is 56.9 Å². The quantitative estimate of drug-likeness (QED) is 0.393. The first-order valence-electron chi connectivity index (χ1n) is 11.3. The molecule has 2 aliphatic carbocycles. The van der Waals surface area contributed by atoms with Gasteiger partial charge in [0.15, 0.2) is 5.78 Å². The number of hydrogen-bond acceptors (Lipinski definition) is 3. The fourth-order valence-electron chi connectivity index (χ4n) is 4.08. The highest BCUT2D eigenvalue weighted by Gasteiger charge is 2.32. The Kier molecular flexibility index (Phi) is 7.54. The molecule has 2 saturated carbocycles. The van der Waals surface area contributed by atoms with Crippen LogP contribution in [0.5, 0.6) is 11.5 Å². The molecule has 1 N–H and O–H groups in total. The van der Waals surface area contributed by atoms with Gasteiger partial charge in [0.05, 0.1) is 15.7 Å². The Labute approximate surface area is 198 Å². The number of ether oxygens (including phenoxy) is 1. The summed E-state index contributed by atoms with van der Waals surface area (Å²) in [6, 6.07) is 12.4. The summed E-state index contributed by atoms with van der Waals surface area (Å²) >= 11 is 12.6. The Morgan fingerprint density at radius 2 is 1.69 bits per heavy atom. The van der Waals surface area contributed by atoms with Crippen molar-refractivity contribution < 1.29 is 14.3 Å². The number of amides is 1. The molecule has 2 aliphatic rings. The number of carbonyl (C=O) groups excluding carboxylic acids is 2. The van der Waals surface area contributed by atoms with E-state index < -0.39 is 0 Å². The van der Waals surface area contributed by atoms with E-state index >= 15 is 0 Å². The highest BCUT2D eigenvalue weighted by molar-refractivity contribution is 6.33. The Hall–Kier alpha value is -2.30. The van der Waals surface area contributed by atoms with E-state index in [4.69, 9.17) is 27.9 Å². The lowest BCUT2D eigenvalue weighted by molar-refractivity contribution is -0.123. The van der Waals surface area contributed by atoms with Crippen LogP contribution in [0.4, 0.5) is 0 Å². The maximum absolute atomic E-state index is 12.8. The van der Waals surface area contributed by atoms with Crippen LogP contribution in [0.3, 0.4) is 0 Å². The maximum atomic E-state index is 12.8. The molecule has 1 amide bonds. The third-order valence-corrected chi connectivity index (χ3v) is 6.67. The molecule has 0 spiro atoms. The zero-order valence-electron chi connectivity index (χ0n) is 17.9. The maximum Gasteiger partial charge on any atom is 0.224 e. The molecule has 4 rings (SSSR count). The predicted octanol–water partition coefficient (Wildman–Crippen LogP) is 7.19. The molecule has 0 aliphatic heterocycles. The summed E-state index contributed by atoms with van der Waals surface area (Å²) in [5, 5.41) is 3.76. The second-order valence-corrected chi connectivity index (χ2v) is 9.47. The van der Waals surface area contributed by atoms with Crippen molar-refractivity contribution >= 4 is 41.0 Å². The second-order valence-electron chi connectivity index (χ2n) is 8.66. The highest BCUT2D eigenvalue weighted by atomic mass is 35.5. The SMILES string of the molecule is O=C(CCC1CCCC1)N/C(=C\c1ccc(Oc2ccccc2Cl)c(Cl)c1)C(=O)C1CC1. The molecule has 0 aromatic heterocycles. The Morgan fingerprint density at radius 3 is 2.38 bits per heavy atom. The van der Waals surface area contributed by atoms with Crippen LogP contribution in [-0.4, -0.2) is 11.7 Å². The minimum atomic E-state index is -0.0954. The third kappa shape index (κ3) is 6.14. The van der Waals surface area contributed by atoms with Crippen LogP contribution < -0.4 is 10.1 Å². The van der Waals surface area contributed by atoms with Crippen LogP contribution in [-0.2, 0) is 9.59 Å². The van der Waals surface area contributed by atoms with E-state index in [0.717, 1.165) is 24.8 Å². The highest BCUT2D eigenvalue weighted by Crippen LogP contribution is 2.35. The first-order valence-corrected chi connectivity index (χ1v) is 12.0. The van der Waals surface area contributed by atoms with Crippen LogP contribution in [0.25, 0.3) is 6.08 Å². The number of ketones is 1. The summed E-state index contributed by atoms with van der Waals surface area (Å²) in [6.45, 7) is 0. The van der Waals surface area contributed by atoms with E-state index in [0.29, 0.717) is 39.6 Å². The summed E-state index contributed by atoms with van der Waals surface area (Å²) < 4.78 is 5.82. The van der Waals surface area contributed by atoms with Crippen molar-refractivity contribution in [1.82, 2.24) is 5.32 Å². The van der Waals surface area contributed by atoms with E-state index in [1.165, 1.54) is 25.7 Å². The van der Waals surface area contributed by atoms with Crippen molar-refractivity contribution in [2.45, 2.75) is 51.4 Å². The first-order chi connectivity index (χ1) is 15.5. The van der Waals surface area contributed by atoms with Gasteiger partial charge in [-0.15, -0.1) is 0 Å². The molecule has 6 heteroatoms. The molecular weight excluding hydrogens is 445 g/mol. The number of nitrogens with one attached hydrogen (secondary N) is 1. The molecule has 2 fully saturated rings. The summed E-state index contributed by atoms with van der Waals surface area (Å²) in [6.07, 6.45) is 9.72. The molecule has 32 heavy (non-hydrogen) atoms. The van der Waals surface area contributed by atoms with Crippen molar-refractivity contribution in [2.75, 3.05) is 0 Å². The number of carbonyl (C=O) groups is 2. The van der Waals surface area contributed by atoms with Gasteiger partial charge in [0.1, 0.15) is 11.5 Å². The molecule has 4 nitrogen and oxygen atoms in total. The number of Topliss-reactive ketones (excluding diaryl/α,β-unsaturated/α-hetero) is 1. The standard InChI is InChI=1S/C26H27Cl2NO3/c27-20-7-3-4-8-23(20)32-24-13-9-18(15-21(24)28)16-22(26(31)19-11-12-19)29-25(30)14-10-17-5-1-2-6-17/h3-4,7-9,13,15-17,19H,1-2,5-6,10-12,14H2,(H,29,30)/b22-16-. The van der Waals surface area contributed by atoms with Crippen molar-refractivity contribution in [2.24, 2.45) is 11.8 Å². The molecule has 0 heterocycles. The Bertz CT molecular complexity index is 1020. The van der Waals surface area contributed by atoms with Crippen molar-refractivity contribution in [3.8, 4) is 11.5 Å². The molecule has 2 aromatic rings. The smallest absolute Gasteiger partial charge is 0.224 e. The topological polar surface area (TPSA) is 55.4 Å². The summed E-state index contributed by atoms with van der Waals surface area (Å²) in [7, 11) is 0. The van der Waals surface area contributed by atoms with E-state index in [2.05, 4.69) is 5.32 Å². The summed E-state index contributed by atoms with van der Waals surface area (Å²) in [5.41, 5.74) is 1.07. The van der Waals surface area contributed by atoms with Crippen LogP contribution >= 0.6 is 23.2 Å². The van der Waals surface area contributed by atoms with Crippen LogP contribution in [0, 0.1) is 11.8 Å². The number of allylic oxidation sites excluding steroid dienone is 1. The molecule has 0 radical (unpaired) electrons. The van der Waals surface area contributed by atoms with E-state index in [-0.39, 0.29) is 17.6 Å². The predicted molar refractivity (Wildman–Crippen MR) is 128 cm³/mol. The van der Waals surface area contributed by atoms with Gasteiger partial charge in [0.2, 0.25) is 5.91 Å². The average Bonchev–Trinajstić information content (AvgIpc) is 3.50. The third-order valence-electron chi connectivity index (χ3n) is 6.07. The first kappa shape index (κ1) is 22.9. The van der Waals surface area contributed by atoms with Gasteiger partial charge in [-0.1, -0.05) is 67.1 Å². The minimum Gasteiger partial charge on any atom is -0.454 e. The van der Waals surface area contributed by atoms with Crippen molar-refractivity contribution in [3.05, 3.63) is 63.8 Å². The van der Waals surface area contributed by atoms with Crippen LogP contribution in [0.15, 0.2) is 48.2 Å². The molecular formula is C26H27Cl2NO3. The van der Waals surface area contributed by atoms with E-state index in [1.54, 1.807) is 30.3 Å². The largest absolute Gasteiger partial charge is 0.454 e. The lowest BCUT2D eigenvalue weighted by Crippen LogP contribution is -2.28. The fourth-order valence-corrected chi connectivity index (χ4v) is 4.49.